The lowest BCUT2D eigenvalue weighted by atomic mass is 9.94. The molecule has 0 amide bonds. The Kier molecular flexibility index (Phi) is 6.05. The average Bonchev–Trinajstić information content (AvgIpc) is 3.36. The summed E-state index contributed by atoms with van der Waals surface area (Å²) < 4.78 is 28.1. The summed E-state index contributed by atoms with van der Waals surface area (Å²) in [7, 11) is 6.08. The molecular formula is C27H26N2O7. The van der Waals surface area contributed by atoms with Crippen molar-refractivity contribution in [1.29, 1.82) is 0 Å². The van der Waals surface area contributed by atoms with Gasteiger partial charge in [0.2, 0.25) is 6.23 Å². The topological polar surface area (TPSA) is 99.1 Å². The van der Waals surface area contributed by atoms with Crippen LogP contribution >= 0.6 is 0 Å². The van der Waals surface area contributed by atoms with E-state index in [9.17, 15) is 9.90 Å². The fourth-order valence-corrected chi connectivity index (χ4v) is 4.81. The minimum absolute atomic E-state index is 0.0364. The summed E-state index contributed by atoms with van der Waals surface area (Å²) in [5, 5.41) is 16.9. The molecule has 9 heteroatoms. The van der Waals surface area contributed by atoms with E-state index < -0.39 is 12.2 Å². The van der Waals surface area contributed by atoms with E-state index in [1.165, 1.54) is 14.2 Å². The molecule has 3 aromatic rings. The summed E-state index contributed by atoms with van der Waals surface area (Å²) in [5.74, 6) is 1.28. The second-order valence-electron chi connectivity index (χ2n) is 8.29. The summed E-state index contributed by atoms with van der Waals surface area (Å²) in [4.78, 5) is 12.4. The van der Waals surface area contributed by atoms with Crippen LogP contribution in [0, 0.1) is 0 Å². The van der Waals surface area contributed by atoms with Crippen LogP contribution in [0.3, 0.4) is 0 Å². The first-order valence-electron chi connectivity index (χ1n) is 11.3. The number of fused-ring (bicyclic) bond motifs is 3. The van der Waals surface area contributed by atoms with E-state index in [1.54, 1.807) is 26.4 Å². The second-order valence-corrected chi connectivity index (χ2v) is 8.29. The zero-order valence-electron chi connectivity index (χ0n) is 20.3. The van der Waals surface area contributed by atoms with Crippen molar-refractivity contribution in [3.63, 3.8) is 0 Å². The van der Waals surface area contributed by atoms with Gasteiger partial charge in [-0.1, -0.05) is 18.2 Å². The number of nitrogens with zero attached hydrogens (tertiary/aromatic N) is 2. The first-order valence-corrected chi connectivity index (χ1v) is 11.3. The van der Waals surface area contributed by atoms with Gasteiger partial charge in [-0.2, -0.15) is 5.10 Å². The lowest BCUT2D eigenvalue weighted by molar-refractivity contribution is -0.0199. The van der Waals surface area contributed by atoms with E-state index in [2.05, 4.69) is 0 Å². The van der Waals surface area contributed by atoms with Crippen molar-refractivity contribution in [3.05, 3.63) is 76.9 Å². The van der Waals surface area contributed by atoms with E-state index >= 15 is 0 Å². The Bertz CT molecular complexity index is 1350. The molecule has 2 aliphatic heterocycles. The van der Waals surface area contributed by atoms with Gasteiger partial charge in [-0.25, -0.2) is 9.80 Å². The van der Waals surface area contributed by atoms with E-state index in [-0.39, 0.29) is 17.4 Å². The molecule has 0 bridgehead atoms. The second kappa shape index (κ2) is 9.33. The van der Waals surface area contributed by atoms with Gasteiger partial charge in [0.1, 0.15) is 22.8 Å². The zero-order valence-corrected chi connectivity index (χ0v) is 20.3. The number of carbonyl (C=O) groups is 1. The number of carboxylic acid groups (broad SMARTS) is 1. The van der Waals surface area contributed by atoms with Crippen molar-refractivity contribution < 1.29 is 33.6 Å². The van der Waals surface area contributed by atoms with Crippen molar-refractivity contribution in [2.24, 2.45) is 5.10 Å². The number of ether oxygens (including phenoxy) is 5. The molecule has 2 atom stereocenters. The summed E-state index contributed by atoms with van der Waals surface area (Å²) in [5.41, 5.74) is 2.96. The number of methoxy groups -OCH3 is 4. The van der Waals surface area contributed by atoms with Crippen LogP contribution in [0.5, 0.6) is 28.7 Å². The zero-order chi connectivity index (χ0) is 25.4. The third-order valence-corrected chi connectivity index (χ3v) is 6.48. The van der Waals surface area contributed by atoms with Crippen LogP contribution in [0.1, 0.15) is 45.7 Å². The molecule has 0 aromatic heterocycles. The van der Waals surface area contributed by atoms with E-state index in [1.807, 2.05) is 47.5 Å². The summed E-state index contributed by atoms with van der Waals surface area (Å²) in [6.45, 7) is 0. The highest BCUT2D eigenvalue weighted by molar-refractivity contribution is 6.04. The molecule has 9 nitrogen and oxygen atoms in total. The number of rotatable bonds is 7. The summed E-state index contributed by atoms with van der Waals surface area (Å²) >= 11 is 0. The van der Waals surface area contributed by atoms with Gasteiger partial charge in [-0.05, 0) is 30.3 Å². The minimum atomic E-state index is -1.15. The molecule has 2 aliphatic rings. The predicted molar refractivity (Wildman–Crippen MR) is 132 cm³/mol. The van der Waals surface area contributed by atoms with Crippen LogP contribution < -0.4 is 23.7 Å². The van der Waals surface area contributed by atoms with Gasteiger partial charge in [-0.15, -0.1) is 0 Å². The van der Waals surface area contributed by atoms with Gasteiger partial charge < -0.3 is 28.8 Å². The number of aromatic carboxylic acids is 1. The number of para-hydroxylation sites is 1. The Morgan fingerprint density at radius 1 is 0.944 bits per heavy atom. The van der Waals surface area contributed by atoms with Crippen molar-refractivity contribution in [1.82, 2.24) is 5.01 Å². The van der Waals surface area contributed by atoms with Crippen molar-refractivity contribution in [2.75, 3.05) is 28.4 Å². The highest BCUT2D eigenvalue weighted by Crippen LogP contribution is 2.50. The molecule has 2 heterocycles. The lowest BCUT2D eigenvalue weighted by Crippen LogP contribution is -2.34. The molecular weight excluding hydrogens is 464 g/mol. The van der Waals surface area contributed by atoms with Gasteiger partial charge in [0.15, 0.2) is 11.5 Å². The Balaban J connectivity index is 1.67. The number of hydrazone groups is 1. The maximum Gasteiger partial charge on any atom is 0.340 e. The fourth-order valence-electron chi connectivity index (χ4n) is 4.81. The third kappa shape index (κ3) is 3.73. The van der Waals surface area contributed by atoms with Crippen molar-refractivity contribution >= 4 is 11.7 Å². The Labute approximate surface area is 208 Å². The molecule has 0 radical (unpaired) electrons. The molecule has 1 N–H and O–H groups in total. The summed E-state index contributed by atoms with van der Waals surface area (Å²) in [6.07, 6.45) is -0.229. The van der Waals surface area contributed by atoms with Gasteiger partial charge in [0.25, 0.3) is 0 Å². The molecule has 0 fully saturated rings. The van der Waals surface area contributed by atoms with Crippen molar-refractivity contribution in [3.8, 4) is 28.7 Å². The molecule has 0 saturated carbocycles. The maximum atomic E-state index is 12.4. The number of carboxylic acids is 1. The molecule has 36 heavy (non-hydrogen) atoms. The molecule has 186 valence electrons. The molecule has 5 rings (SSSR count). The third-order valence-electron chi connectivity index (χ3n) is 6.48. The first kappa shape index (κ1) is 23.3. The van der Waals surface area contributed by atoms with Gasteiger partial charge in [0, 0.05) is 29.2 Å². The van der Waals surface area contributed by atoms with Crippen LogP contribution in [-0.2, 0) is 0 Å². The Morgan fingerprint density at radius 2 is 1.72 bits per heavy atom. The number of hydrogen-bond donors (Lipinski definition) is 1. The van der Waals surface area contributed by atoms with Crippen LogP contribution in [0.2, 0.25) is 0 Å². The fraction of sp³-hybridized carbons (Fsp3) is 0.259. The molecule has 0 saturated heterocycles. The standard InChI is InChI=1S/C27H26N2O7/c1-32-15-9-10-16(23(13-15)34-3)19-14-20-17-7-5-6-8-21(17)36-26(29(20)28-19)18-11-12-22(33-2)25(35-4)24(18)27(30)31/h5-13,20,26H,14H2,1-4H3,(H,30,31)/t20-,26+/m0/s1. The summed E-state index contributed by atoms with van der Waals surface area (Å²) in [6, 6.07) is 16.5. The quantitative estimate of drug-likeness (QED) is 0.511. The Hall–Kier alpha value is -4.40. The van der Waals surface area contributed by atoms with Gasteiger partial charge in [0.05, 0.1) is 40.2 Å². The van der Waals surface area contributed by atoms with Crippen molar-refractivity contribution in [2.45, 2.75) is 18.7 Å². The molecule has 3 aromatic carbocycles. The maximum absolute atomic E-state index is 12.4. The predicted octanol–water partition coefficient (Wildman–Crippen LogP) is 4.66. The van der Waals surface area contributed by atoms with Gasteiger partial charge in [-0.3, -0.25) is 0 Å². The average molecular weight is 491 g/mol. The van der Waals surface area contributed by atoms with E-state index in [0.717, 1.165) is 16.8 Å². The Morgan fingerprint density at radius 3 is 2.42 bits per heavy atom. The smallest absolute Gasteiger partial charge is 0.340 e. The highest BCUT2D eigenvalue weighted by atomic mass is 16.5. The molecule has 0 spiro atoms. The first-order chi connectivity index (χ1) is 17.5. The van der Waals surface area contributed by atoms with Crippen LogP contribution in [0.4, 0.5) is 0 Å². The van der Waals surface area contributed by atoms with Crippen LogP contribution in [-0.4, -0.2) is 50.2 Å². The van der Waals surface area contributed by atoms with Gasteiger partial charge >= 0.3 is 5.97 Å². The lowest BCUT2D eigenvalue weighted by Gasteiger charge is -2.38. The van der Waals surface area contributed by atoms with E-state index in [0.29, 0.717) is 35.0 Å². The SMILES string of the molecule is COc1ccc(C2=NN3[C@@H](c4ccc(OC)c(OC)c4C(=O)O)Oc4ccccc4[C@@H]3C2)c(OC)c1. The number of hydrogen-bond acceptors (Lipinski definition) is 8. The molecule has 0 unspecified atom stereocenters. The van der Waals surface area contributed by atoms with Crippen LogP contribution in [0.15, 0.2) is 59.7 Å². The molecule has 0 aliphatic carbocycles. The largest absolute Gasteiger partial charge is 0.497 e. The van der Waals surface area contributed by atoms with Crippen LogP contribution in [0.25, 0.3) is 0 Å². The van der Waals surface area contributed by atoms with E-state index in [4.69, 9.17) is 28.8 Å². The highest BCUT2D eigenvalue weighted by Gasteiger charge is 2.43. The normalized spacial score (nSPS) is 17.9. The minimum Gasteiger partial charge on any atom is -0.497 e. The monoisotopic (exact) mass is 490 g/mol. The number of benzene rings is 3.